The molecule has 1 unspecified atom stereocenters. The Labute approximate surface area is 116 Å². The number of fused-ring (bicyclic) bond motifs is 1. The molecule has 18 heavy (non-hydrogen) atoms. The summed E-state index contributed by atoms with van der Waals surface area (Å²) in [5.41, 5.74) is 2.31. The molecular formula is C13H13ClN2SSi. The van der Waals surface area contributed by atoms with Gasteiger partial charge in [0.1, 0.15) is 0 Å². The second-order valence-electron chi connectivity index (χ2n) is 4.35. The van der Waals surface area contributed by atoms with Crippen molar-refractivity contribution >= 4 is 34.7 Å². The van der Waals surface area contributed by atoms with Crippen molar-refractivity contribution in [2.24, 2.45) is 0 Å². The molecule has 0 N–H and O–H groups in total. The molecule has 1 aromatic carbocycles. The zero-order chi connectivity index (χ0) is 12.6. The molecule has 2 nitrogen and oxygen atoms in total. The monoisotopic (exact) mass is 292 g/mol. The van der Waals surface area contributed by atoms with Gasteiger partial charge in [0.15, 0.2) is 0 Å². The van der Waals surface area contributed by atoms with Gasteiger partial charge in [0.05, 0.1) is 12.2 Å². The Morgan fingerprint density at radius 1 is 1.22 bits per heavy atom. The van der Waals surface area contributed by atoms with Crippen molar-refractivity contribution in [3.05, 3.63) is 54.4 Å². The minimum atomic E-state index is -1.97. The van der Waals surface area contributed by atoms with Crippen LogP contribution in [-0.4, -0.2) is 11.7 Å². The molecule has 1 atom stereocenters. The predicted octanol–water partition coefficient (Wildman–Crippen LogP) is 4.00. The van der Waals surface area contributed by atoms with Crippen LogP contribution in [0.1, 0.15) is 5.69 Å². The van der Waals surface area contributed by atoms with E-state index in [4.69, 9.17) is 11.1 Å². The van der Waals surface area contributed by atoms with Crippen LogP contribution in [0, 0.1) is 0 Å². The van der Waals surface area contributed by atoms with Crippen molar-refractivity contribution in [1.29, 1.82) is 0 Å². The van der Waals surface area contributed by atoms with Crippen molar-refractivity contribution in [2.45, 2.75) is 18.0 Å². The maximum atomic E-state index is 6.75. The number of nitrogens with zero attached hydrogens (tertiary/aromatic N) is 2. The van der Waals surface area contributed by atoms with E-state index < -0.39 is 6.69 Å². The Balaban J connectivity index is 1.95. The molecule has 5 heteroatoms. The molecule has 0 bridgehead atoms. The van der Waals surface area contributed by atoms with Crippen molar-refractivity contribution in [3.63, 3.8) is 0 Å². The fourth-order valence-corrected chi connectivity index (χ4v) is 7.95. The lowest BCUT2D eigenvalue weighted by molar-refractivity contribution is 0.960. The van der Waals surface area contributed by atoms with E-state index in [9.17, 15) is 0 Å². The van der Waals surface area contributed by atoms with Gasteiger partial charge in [-0.15, -0.1) is 22.3 Å². The topological polar surface area (TPSA) is 16.1 Å². The van der Waals surface area contributed by atoms with Crippen LogP contribution in [0.2, 0.25) is 6.55 Å². The number of anilines is 1. The summed E-state index contributed by atoms with van der Waals surface area (Å²) in [6.45, 7) is 0.983. The maximum Gasteiger partial charge on any atom is 0.320 e. The lowest BCUT2D eigenvalue weighted by atomic mass is 10.3. The van der Waals surface area contributed by atoms with Crippen molar-refractivity contribution in [3.8, 4) is 0 Å². The third-order valence-electron chi connectivity index (χ3n) is 2.98. The van der Waals surface area contributed by atoms with Crippen LogP contribution >= 0.6 is 22.3 Å². The quantitative estimate of drug-likeness (QED) is 0.615. The average molecular weight is 293 g/mol. The van der Waals surface area contributed by atoms with Gasteiger partial charge >= 0.3 is 6.69 Å². The largest absolute Gasteiger partial charge is 0.371 e. The molecule has 2 heterocycles. The number of hydrogen-bond acceptors (Lipinski definition) is 3. The van der Waals surface area contributed by atoms with Crippen LogP contribution < -0.4 is 4.57 Å². The van der Waals surface area contributed by atoms with Crippen LogP contribution in [0.5, 0.6) is 0 Å². The SMILES string of the molecule is C[Si]1(Cl)Sc2ccccc2N1Cc1ccccn1. The molecule has 1 aromatic heterocycles. The highest BCUT2D eigenvalue weighted by molar-refractivity contribution is 8.34. The summed E-state index contributed by atoms with van der Waals surface area (Å²) < 4.78 is 2.33. The zero-order valence-electron chi connectivity index (χ0n) is 10.0. The first-order valence-corrected chi connectivity index (χ1v) is 10.8. The lowest BCUT2D eigenvalue weighted by Gasteiger charge is -2.28. The summed E-state index contributed by atoms with van der Waals surface area (Å²) >= 11 is 8.57. The highest BCUT2D eigenvalue weighted by Crippen LogP contribution is 2.49. The summed E-state index contributed by atoms with van der Waals surface area (Å²) in [6.07, 6.45) is 1.83. The number of pyridine rings is 1. The normalized spacial score (nSPS) is 22.0. The first-order valence-electron chi connectivity index (χ1n) is 5.81. The van der Waals surface area contributed by atoms with E-state index >= 15 is 0 Å². The maximum absolute atomic E-state index is 6.75. The number of aromatic nitrogens is 1. The summed E-state index contributed by atoms with van der Waals surface area (Å²) in [7, 11) is 0. The summed E-state index contributed by atoms with van der Waals surface area (Å²) in [4.78, 5) is 5.68. The molecule has 1 aliphatic heterocycles. The van der Waals surface area contributed by atoms with Crippen LogP contribution in [0.25, 0.3) is 0 Å². The molecule has 1 aliphatic rings. The highest BCUT2D eigenvalue weighted by atomic mass is 35.6. The standard InChI is InChI=1S/C13H13ClN2SSi/c1-18(14)16(10-11-6-4-5-9-15-11)12-7-2-3-8-13(12)17-18/h2-9H,10H2,1H3. The third-order valence-corrected chi connectivity index (χ3v) is 9.03. The van der Waals surface area contributed by atoms with Gasteiger partial charge < -0.3 is 4.57 Å². The second kappa shape index (κ2) is 4.61. The second-order valence-corrected chi connectivity index (χ2v) is 13.1. The molecule has 0 amide bonds. The van der Waals surface area contributed by atoms with Gasteiger partial charge in [0.25, 0.3) is 0 Å². The van der Waals surface area contributed by atoms with E-state index in [1.54, 1.807) is 0 Å². The molecule has 2 aromatic rings. The fourth-order valence-electron chi connectivity index (χ4n) is 2.12. The van der Waals surface area contributed by atoms with Crippen molar-refractivity contribution in [2.75, 3.05) is 4.57 Å². The molecule has 0 saturated heterocycles. The van der Waals surface area contributed by atoms with E-state index in [1.807, 2.05) is 35.6 Å². The van der Waals surface area contributed by atoms with Gasteiger partial charge in [-0.25, -0.2) is 0 Å². The van der Waals surface area contributed by atoms with Crippen LogP contribution in [0.3, 0.4) is 0 Å². The number of benzene rings is 1. The molecule has 0 saturated carbocycles. The van der Waals surface area contributed by atoms with Gasteiger partial charge in [-0.1, -0.05) is 18.2 Å². The van der Waals surface area contributed by atoms with E-state index in [0.717, 1.165) is 12.2 Å². The highest BCUT2D eigenvalue weighted by Gasteiger charge is 2.42. The van der Waals surface area contributed by atoms with Crippen LogP contribution in [-0.2, 0) is 6.54 Å². The number of halogens is 1. The molecular weight excluding hydrogens is 280 g/mol. The first-order chi connectivity index (χ1) is 8.67. The minimum Gasteiger partial charge on any atom is -0.371 e. The Kier molecular flexibility index (Phi) is 3.09. The predicted molar refractivity (Wildman–Crippen MR) is 80.2 cm³/mol. The van der Waals surface area contributed by atoms with Gasteiger partial charge in [-0.05, 0) is 30.8 Å². The smallest absolute Gasteiger partial charge is 0.320 e. The summed E-state index contributed by atoms with van der Waals surface area (Å²) in [6, 6.07) is 14.4. The number of hydrogen-bond donors (Lipinski definition) is 0. The van der Waals surface area contributed by atoms with E-state index in [1.165, 1.54) is 10.6 Å². The zero-order valence-corrected chi connectivity index (χ0v) is 12.6. The van der Waals surface area contributed by atoms with Crippen molar-refractivity contribution in [1.82, 2.24) is 4.98 Å². The molecule has 0 spiro atoms. The molecule has 0 aliphatic carbocycles. The molecule has 92 valence electrons. The Hall–Kier alpha value is -0.973. The Bertz CT molecular complexity index is 562. The number of rotatable bonds is 2. The lowest BCUT2D eigenvalue weighted by Crippen LogP contribution is -2.40. The first kappa shape index (κ1) is 12.1. The minimum absolute atomic E-state index is 0.789. The molecule has 3 rings (SSSR count). The molecule has 0 radical (unpaired) electrons. The van der Waals surface area contributed by atoms with Crippen LogP contribution in [0.4, 0.5) is 5.69 Å². The summed E-state index contributed by atoms with van der Waals surface area (Å²) in [5, 5.41) is 0. The van der Waals surface area contributed by atoms with Crippen molar-refractivity contribution < 1.29 is 0 Å². The average Bonchev–Trinajstić information content (AvgIpc) is 2.62. The Morgan fingerprint density at radius 3 is 2.78 bits per heavy atom. The third kappa shape index (κ3) is 2.16. The summed E-state index contributed by atoms with van der Waals surface area (Å²) in [5.74, 6) is 0. The van der Waals surface area contributed by atoms with Gasteiger partial charge in [0.2, 0.25) is 0 Å². The van der Waals surface area contributed by atoms with E-state index in [2.05, 4.69) is 40.4 Å². The number of para-hydroxylation sites is 1. The Morgan fingerprint density at radius 2 is 2.00 bits per heavy atom. The molecule has 0 fully saturated rings. The van der Waals surface area contributed by atoms with E-state index in [0.29, 0.717) is 0 Å². The van der Waals surface area contributed by atoms with Crippen LogP contribution in [0.15, 0.2) is 53.6 Å². The van der Waals surface area contributed by atoms with Gasteiger partial charge in [0, 0.05) is 16.8 Å². The van der Waals surface area contributed by atoms with Gasteiger partial charge in [-0.3, -0.25) is 4.98 Å². The van der Waals surface area contributed by atoms with Gasteiger partial charge in [-0.2, -0.15) is 0 Å². The fraction of sp³-hybridized carbons (Fsp3) is 0.154. The van der Waals surface area contributed by atoms with E-state index in [-0.39, 0.29) is 0 Å².